The van der Waals surface area contributed by atoms with Crippen LogP contribution in [0, 0.1) is 11.3 Å². The van der Waals surface area contributed by atoms with E-state index in [4.69, 9.17) is 5.26 Å². The van der Waals surface area contributed by atoms with Gasteiger partial charge < -0.3 is 5.32 Å². The zero-order valence-corrected chi connectivity index (χ0v) is 10.2. The average molecular weight is 237 g/mol. The Hall–Kier alpha value is -1.41. The Balaban J connectivity index is 2.45. The highest BCUT2D eigenvalue weighted by molar-refractivity contribution is 5.79. The fourth-order valence-corrected chi connectivity index (χ4v) is 2.21. The number of carbonyl (C=O) groups excluding carboxylic acids is 2. The third kappa shape index (κ3) is 4.96. The Kier molecular flexibility index (Phi) is 5.64. The monoisotopic (exact) mass is 237 g/mol. The third-order valence-electron chi connectivity index (χ3n) is 2.98. The lowest BCUT2D eigenvalue weighted by Crippen LogP contribution is -2.46. The molecule has 0 spiro atoms. The van der Waals surface area contributed by atoms with Crippen molar-refractivity contribution in [1.82, 2.24) is 10.2 Å². The highest BCUT2D eigenvalue weighted by atomic mass is 16.2. The number of piperidine rings is 1. The quantitative estimate of drug-likeness (QED) is 0.705. The molecule has 1 unspecified atom stereocenters. The first kappa shape index (κ1) is 13.7. The summed E-state index contributed by atoms with van der Waals surface area (Å²) in [5, 5.41) is 10.9. The molecular weight excluding hydrogens is 218 g/mol. The number of amides is 1. The first-order valence-corrected chi connectivity index (χ1v) is 6.00. The van der Waals surface area contributed by atoms with Crippen molar-refractivity contribution in [1.29, 1.82) is 5.26 Å². The van der Waals surface area contributed by atoms with Crippen LogP contribution < -0.4 is 5.32 Å². The molecule has 1 rings (SSSR count). The lowest BCUT2D eigenvalue weighted by molar-refractivity contribution is -0.124. The summed E-state index contributed by atoms with van der Waals surface area (Å²) < 4.78 is 0. The number of nitriles is 1. The molecule has 5 heteroatoms. The smallest absolute Gasteiger partial charge is 0.235 e. The van der Waals surface area contributed by atoms with Crippen molar-refractivity contribution in [3.63, 3.8) is 0 Å². The Labute approximate surface area is 102 Å². The van der Waals surface area contributed by atoms with E-state index in [1.165, 1.54) is 0 Å². The number of hydrogen-bond acceptors (Lipinski definition) is 4. The SMILES string of the molecule is CC(=O)CC1CCCCN1CC(=O)NCC#N. The van der Waals surface area contributed by atoms with E-state index in [9.17, 15) is 9.59 Å². The second-order valence-electron chi connectivity index (χ2n) is 4.46. The van der Waals surface area contributed by atoms with Gasteiger partial charge in [-0.3, -0.25) is 14.5 Å². The summed E-state index contributed by atoms with van der Waals surface area (Å²) in [5.41, 5.74) is 0. The molecule has 1 aliphatic rings. The van der Waals surface area contributed by atoms with Crippen molar-refractivity contribution in [3.05, 3.63) is 0 Å². The van der Waals surface area contributed by atoms with Gasteiger partial charge in [0.05, 0.1) is 12.6 Å². The molecule has 17 heavy (non-hydrogen) atoms. The topological polar surface area (TPSA) is 73.2 Å². The molecule has 1 aliphatic heterocycles. The normalized spacial score (nSPS) is 20.6. The predicted molar refractivity (Wildman–Crippen MR) is 63.1 cm³/mol. The van der Waals surface area contributed by atoms with Crippen molar-refractivity contribution in [2.45, 2.75) is 38.6 Å². The van der Waals surface area contributed by atoms with Crippen LogP contribution in [0.15, 0.2) is 0 Å². The second-order valence-corrected chi connectivity index (χ2v) is 4.46. The fourth-order valence-electron chi connectivity index (χ4n) is 2.21. The minimum atomic E-state index is -0.137. The molecule has 0 bridgehead atoms. The molecule has 0 saturated carbocycles. The molecule has 1 heterocycles. The van der Waals surface area contributed by atoms with E-state index in [1.54, 1.807) is 6.92 Å². The largest absolute Gasteiger partial charge is 0.342 e. The Morgan fingerprint density at radius 1 is 1.47 bits per heavy atom. The molecule has 5 nitrogen and oxygen atoms in total. The highest BCUT2D eigenvalue weighted by Crippen LogP contribution is 2.19. The number of likely N-dealkylation sites (tertiary alicyclic amines) is 1. The first-order chi connectivity index (χ1) is 8.13. The van der Waals surface area contributed by atoms with E-state index < -0.39 is 0 Å². The van der Waals surface area contributed by atoms with Gasteiger partial charge in [-0.15, -0.1) is 0 Å². The molecule has 94 valence electrons. The number of rotatable bonds is 5. The van der Waals surface area contributed by atoms with Crippen LogP contribution in [0.2, 0.25) is 0 Å². The molecular formula is C12H19N3O2. The molecule has 0 aliphatic carbocycles. The second kappa shape index (κ2) is 7.02. The lowest BCUT2D eigenvalue weighted by atomic mass is 9.98. The van der Waals surface area contributed by atoms with Gasteiger partial charge in [-0.05, 0) is 26.3 Å². The molecule has 1 N–H and O–H groups in total. The van der Waals surface area contributed by atoms with Crippen molar-refractivity contribution >= 4 is 11.7 Å². The van der Waals surface area contributed by atoms with Crippen LogP contribution in [0.5, 0.6) is 0 Å². The molecule has 1 fully saturated rings. The molecule has 0 aromatic carbocycles. The zero-order valence-electron chi connectivity index (χ0n) is 10.2. The van der Waals surface area contributed by atoms with E-state index in [1.807, 2.05) is 6.07 Å². The van der Waals surface area contributed by atoms with Crippen LogP contribution in [0.4, 0.5) is 0 Å². The van der Waals surface area contributed by atoms with Crippen LogP contribution in [0.25, 0.3) is 0 Å². The number of Topliss-reactive ketones (excluding diaryl/α,β-unsaturated/α-hetero) is 1. The highest BCUT2D eigenvalue weighted by Gasteiger charge is 2.24. The molecule has 1 amide bonds. The van der Waals surface area contributed by atoms with Crippen molar-refractivity contribution in [2.24, 2.45) is 0 Å². The summed E-state index contributed by atoms with van der Waals surface area (Å²) in [7, 11) is 0. The maximum Gasteiger partial charge on any atom is 0.235 e. The number of ketones is 1. The van der Waals surface area contributed by atoms with Gasteiger partial charge in [0.15, 0.2) is 0 Å². The summed E-state index contributed by atoms with van der Waals surface area (Å²) in [6.07, 6.45) is 3.69. The van der Waals surface area contributed by atoms with Gasteiger partial charge in [0.25, 0.3) is 0 Å². The van der Waals surface area contributed by atoms with Gasteiger partial charge >= 0.3 is 0 Å². The van der Waals surface area contributed by atoms with Crippen LogP contribution in [0.3, 0.4) is 0 Å². The third-order valence-corrected chi connectivity index (χ3v) is 2.98. The summed E-state index contributed by atoms with van der Waals surface area (Å²) in [4.78, 5) is 24.7. The number of nitrogens with one attached hydrogen (secondary N) is 1. The van der Waals surface area contributed by atoms with Gasteiger partial charge in [0.2, 0.25) is 5.91 Å². The van der Waals surface area contributed by atoms with Crippen LogP contribution in [-0.4, -0.2) is 42.3 Å². The Morgan fingerprint density at radius 3 is 2.88 bits per heavy atom. The average Bonchev–Trinajstić information content (AvgIpc) is 2.28. The van der Waals surface area contributed by atoms with Crippen LogP contribution in [-0.2, 0) is 9.59 Å². The van der Waals surface area contributed by atoms with E-state index in [0.717, 1.165) is 25.8 Å². The zero-order chi connectivity index (χ0) is 12.7. The lowest BCUT2D eigenvalue weighted by Gasteiger charge is -2.34. The van der Waals surface area contributed by atoms with E-state index in [2.05, 4.69) is 10.2 Å². The predicted octanol–water partition coefficient (Wildman–Crippen LogP) is 0.460. The molecule has 0 aromatic heterocycles. The number of nitrogens with zero attached hydrogens (tertiary/aromatic N) is 2. The maximum absolute atomic E-state index is 11.5. The molecule has 1 atom stereocenters. The summed E-state index contributed by atoms with van der Waals surface area (Å²) in [5.74, 6) is 0.0290. The number of carbonyl (C=O) groups is 2. The number of hydrogen-bond donors (Lipinski definition) is 1. The summed E-state index contributed by atoms with van der Waals surface area (Å²) >= 11 is 0. The standard InChI is InChI=1S/C12H19N3O2/c1-10(16)8-11-4-2-3-7-15(11)9-12(17)14-6-5-13/h11H,2-4,6-9H2,1H3,(H,14,17). The van der Waals surface area contributed by atoms with Gasteiger partial charge in [-0.1, -0.05) is 6.42 Å². The first-order valence-electron chi connectivity index (χ1n) is 6.00. The molecule has 1 saturated heterocycles. The van der Waals surface area contributed by atoms with E-state index in [0.29, 0.717) is 13.0 Å². The van der Waals surface area contributed by atoms with Gasteiger partial charge in [0, 0.05) is 12.5 Å². The molecule has 0 aromatic rings. The van der Waals surface area contributed by atoms with Crippen LogP contribution >= 0.6 is 0 Å². The maximum atomic E-state index is 11.5. The fraction of sp³-hybridized carbons (Fsp3) is 0.750. The van der Waals surface area contributed by atoms with Gasteiger partial charge in [0.1, 0.15) is 12.3 Å². The van der Waals surface area contributed by atoms with Crippen LogP contribution in [0.1, 0.15) is 32.6 Å². The van der Waals surface area contributed by atoms with E-state index in [-0.39, 0.29) is 24.3 Å². The van der Waals surface area contributed by atoms with Crippen molar-refractivity contribution in [3.8, 4) is 6.07 Å². The Bertz CT molecular complexity index is 322. The minimum absolute atomic E-state index is 0.0457. The Morgan fingerprint density at radius 2 is 2.24 bits per heavy atom. The van der Waals surface area contributed by atoms with E-state index >= 15 is 0 Å². The molecule has 0 radical (unpaired) electrons. The van der Waals surface area contributed by atoms with Gasteiger partial charge in [-0.2, -0.15) is 5.26 Å². The van der Waals surface area contributed by atoms with Crippen molar-refractivity contribution < 1.29 is 9.59 Å². The minimum Gasteiger partial charge on any atom is -0.342 e. The van der Waals surface area contributed by atoms with Gasteiger partial charge in [-0.25, -0.2) is 0 Å². The van der Waals surface area contributed by atoms with Crippen molar-refractivity contribution in [2.75, 3.05) is 19.6 Å². The summed E-state index contributed by atoms with van der Waals surface area (Å²) in [6.45, 7) is 2.78. The summed E-state index contributed by atoms with van der Waals surface area (Å²) in [6, 6.07) is 2.06.